The topological polar surface area (TPSA) is 58.1 Å². The fraction of sp³-hybridized carbons (Fsp3) is 0.174. The number of carbonyl (C=O) groups excluding carboxylic acids is 1. The molecule has 1 aliphatic rings. The molecule has 0 spiro atoms. The van der Waals surface area contributed by atoms with Crippen LogP contribution in [0.25, 0.3) is 11.4 Å². The van der Waals surface area contributed by atoms with Crippen LogP contribution < -0.4 is 10.2 Å². The number of para-hydroxylation sites is 1. The van der Waals surface area contributed by atoms with Crippen molar-refractivity contribution in [2.75, 3.05) is 16.8 Å². The summed E-state index contributed by atoms with van der Waals surface area (Å²) in [5.74, 6) is 1.02. The molecule has 3 aromatic rings. The van der Waals surface area contributed by atoms with Crippen molar-refractivity contribution in [3.8, 4) is 11.4 Å². The van der Waals surface area contributed by atoms with Gasteiger partial charge in [-0.25, -0.2) is 9.97 Å². The summed E-state index contributed by atoms with van der Waals surface area (Å²) in [6.45, 7) is 6.35. The predicted molar refractivity (Wildman–Crippen MR) is 113 cm³/mol. The molecule has 1 unspecified atom stereocenters. The number of anilines is 2. The maximum Gasteiger partial charge on any atom is 0.277 e. The Morgan fingerprint density at radius 1 is 1.18 bits per heavy atom. The van der Waals surface area contributed by atoms with E-state index in [9.17, 15) is 4.79 Å². The van der Waals surface area contributed by atoms with Gasteiger partial charge in [-0.1, -0.05) is 54.6 Å². The molecular formula is C23H22N4O. The van der Waals surface area contributed by atoms with Crippen molar-refractivity contribution in [1.29, 1.82) is 0 Å². The first kappa shape index (κ1) is 17.9. The maximum atomic E-state index is 13.4. The second-order valence-corrected chi connectivity index (χ2v) is 6.85. The van der Waals surface area contributed by atoms with Gasteiger partial charge in [0.1, 0.15) is 11.5 Å². The van der Waals surface area contributed by atoms with E-state index in [4.69, 9.17) is 0 Å². The second kappa shape index (κ2) is 7.64. The third-order valence-corrected chi connectivity index (χ3v) is 4.83. The van der Waals surface area contributed by atoms with E-state index in [1.54, 1.807) is 12.1 Å². The molecule has 0 saturated heterocycles. The number of fused-ring (bicyclic) bond motifs is 1. The summed E-state index contributed by atoms with van der Waals surface area (Å²) < 4.78 is 0. The number of nitrogens with zero attached hydrogens (tertiary/aromatic N) is 3. The van der Waals surface area contributed by atoms with Gasteiger partial charge in [0.15, 0.2) is 5.82 Å². The third-order valence-electron chi connectivity index (χ3n) is 4.83. The minimum atomic E-state index is -0.112. The highest BCUT2D eigenvalue weighted by molar-refractivity contribution is 6.07. The van der Waals surface area contributed by atoms with Crippen molar-refractivity contribution in [3.05, 3.63) is 84.6 Å². The molecule has 2 aromatic carbocycles. The Morgan fingerprint density at radius 2 is 1.93 bits per heavy atom. The van der Waals surface area contributed by atoms with Crippen LogP contribution in [0.1, 0.15) is 23.0 Å². The highest BCUT2D eigenvalue weighted by Crippen LogP contribution is 2.33. The van der Waals surface area contributed by atoms with Crippen LogP contribution in [-0.2, 0) is 6.42 Å². The molecule has 0 bridgehead atoms. The van der Waals surface area contributed by atoms with E-state index in [1.165, 1.54) is 5.56 Å². The number of hydrogen-bond donors (Lipinski definition) is 1. The first-order valence-electron chi connectivity index (χ1n) is 9.38. The van der Waals surface area contributed by atoms with Crippen LogP contribution in [0.3, 0.4) is 0 Å². The molecule has 28 heavy (non-hydrogen) atoms. The van der Waals surface area contributed by atoms with E-state index in [1.807, 2.05) is 53.4 Å². The van der Waals surface area contributed by atoms with Crippen LogP contribution in [0, 0.1) is 0 Å². The number of aromatic nitrogens is 2. The van der Waals surface area contributed by atoms with Crippen LogP contribution >= 0.6 is 0 Å². The molecule has 1 N–H and O–H groups in total. The summed E-state index contributed by atoms with van der Waals surface area (Å²) in [7, 11) is 0. The summed E-state index contributed by atoms with van der Waals surface area (Å²) in [4.78, 5) is 24.4. The SMILES string of the molecule is C=CCNc1cc(C(=O)N2c3ccccc3CC2C)nc(-c2ccccc2)n1. The molecule has 0 fully saturated rings. The van der Waals surface area contributed by atoms with Crippen molar-refractivity contribution in [3.63, 3.8) is 0 Å². The average molecular weight is 370 g/mol. The average Bonchev–Trinajstić information content (AvgIpc) is 3.07. The molecule has 5 heteroatoms. The summed E-state index contributed by atoms with van der Waals surface area (Å²) in [6, 6.07) is 19.5. The molecule has 1 aromatic heterocycles. The summed E-state index contributed by atoms with van der Waals surface area (Å²) in [6.07, 6.45) is 2.60. The van der Waals surface area contributed by atoms with Gasteiger partial charge in [0.05, 0.1) is 0 Å². The zero-order valence-corrected chi connectivity index (χ0v) is 15.8. The highest BCUT2D eigenvalue weighted by atomic mass is 16.2. The minimum Gasteiger partial charge on any atom is -0.366 e. The zero-order valence-electron chi connectivity index (χ0n) is 15.8. The molecule has 1 amide bonds. The predicted octanol–water partition coefficient (Wildman–Crippen LogP) is 4.33. The quantitative estimate of drug-likeness (QED) is 0.679. The van der Waals surface area contributed by atoms with Crippen molar-refractivity contribution < 1.29 is 4.79 Å². The Kier molecular flexibility index (Phi) is 4.89. The van der Waals surface area contributed by atoms with Crippen LogP contribution in [0.15, 0.2) is 73.3 Å². The van der Waals surface area contributed by atoms with E-state index in [2.05, 4.69) is 34.9 Å². The lowest BCUT2D eigenvalue weighted by molar-refractivity contribution is 0.0976. The fourth-order valence-electron chi connectivity index (χ4n) is 3.54. The number of carbonyl (C=O) groups is 1. The summed E-state index contributed by atoms with van der Waals surface area (Å²) >= 11 is 0. The van der Waals surface area contributed by atoms with Gasteiger partial charge in [-0.2, -0.15) is 0 Å². The van der Waals surface area contributed by atoms with Crippen LogP contribution in [-0.4, -0.2) is 28.5 Å². The molecular weight excluding hydrogens is 348 g/mol. The Labute approximate surface area is 164 Å². The number of hydrogen-bond acceptors (Lipinski definition) is 4. The molecule has 1 aliphatic heterocycles. The highest BCUT2D eigenvalue weighted by Gasteiger charge is 2.32. The van der Waals surface area contributed by atoms with E-state index in [-0.39, 0.29) is 11.9 Å². The standard InChI is InChI=1S/C23H22N4O/c1-3-13-24-21-15-19(25-22(26-21)17-9-5-4-6-10-17)23(28)27-16(2)14-18-11-7-8-12-20(18)27/h3-12,15-16H,1,13-14H2,2H3,(H,24,25,26). The van der Waals surface area contributed by atoms with Gasteiger partial charge in [0.25, 0.3) is 5.91 Å². The largest absolute Gasteiger partial charge is 0.366 e. The van der Waals surface area contributed by atoms with Crippen LogP contribution in [0.5, 0.6) is 0 Å². The van der Waals surface area contributed by atoms with Gasteiger partial charge >= 0.3 is 0 Å². The minimum absolute atomic E-state index is 0.0876. The van der Waals surface area contributed by atoms with E-state index >= 15 is 0 Å². The number of nitrogens with one attached hydrogen (secondary N) is 1. The number of amides is 1. The molecule has 5 nitrogen and oxygen atoms in total. The number of benzene rings is 2. The molecule has 0 aliphatic carbocycles. The lowest BCUT2D eigenvalue weighted by Gasteiger charge is -2.22. The molecule has 4 rings (SSSR count). The smallest absolute Gasteiger partial charge is 0.277 e. The van der Waals surface area contributed by atoms with E-state index < -0.39 is 0 Å². The zero-order chi connectivity index (χ0) is 19.5. The lowest BCUT2D eigenvalue weighted by Crippen LogP contribution is -2.36. The first-order valence-corrected chi connectivity index (χ1v) is 9.38. The molecule has 1 atom stereocenters. The maximum absolute atomic E-state index is 13.4. The monoisotopic (exact) mass is 370 g/mol. The van der Waals surface area contributed by atoms with Crippen LogP contribution in [0.2, 0.25) is 0 Å². The lowest BCUT2D eigenvalue weighted by atomic mass is 10.1. The van der Waals surface area contributed by atoms with Gasteiger partial charge in [-0.3, -0.25) is 4.79 Å². The van der Waals surface area contributed by atoms with Gasteiger partial charge in [0.2, 0.25) is 0 Å². The molecule has 0 saturated carbocycles. The Bertz CT molecular complexity index is 1020. The molecule has 2 heterocycles. The van der Waals surface area contributed by atoms with Gasteiger partial charge < -0.3 is 10.2 Å². The van der Waals surface area contributed by atoms with Gasteiger partial charge in [-0.15, -0.1) is 6.58 Å². The molecule has 0 radical (unpaired) electrons. The van der Waals surface area contributed by atoms with Gasteiger partial charge in [-0.05, 0) is 25.0 Å². The van der Waals surface area contributed by atoms with Crippen molar-refractivity contribution in [1.82, 2.24) is 9.97 Å². The molecule has 140 valence electrons. The Hall–Kier alpha value is -3.47. The van der Waals surface area contributed by atoms with Crippen molar-refractivity contribution in [2.45, 2.75) is 19.4 Å². The summed E-state index contributed by atoms with van der Waals surface area (Å²) in [5.41, 5.74) is 3.39. The van der Waals surface area contributed by atoms with Gasteiger partial charge in [0, 0.05) is 29.9 Å². The number of rotatable bonds is 5. The normalized spacial score (nSPS) is 15.2. The van der Waals surface area contributed by atoms with Crippen molar-refractivity contribution in [2.24, 2.45) is 0 Å². The van der Waals surface area contributed by atoms with E-state index in [0.29, 0.717) is 23.9 Å². The van der Waals surface area contributed by atoms with Crippen molar-refractivity contribution >= 4 is 17.4 Å². The first-order chi connectivity index (χ1) is 13.7. The third kappa shape index (κ3) is 3.39. The van der Waals surface area contributed by atoms with E-state index in [0.717, 1.165) is 17.7 Å². The second-order valence-electron chi connectivity index (χ2n) is 6.85. The Morgan fingerprint density at radius 3 is 2.71 bits per heavy atom. The summed E-state index contributed by atoms with van der Waals surface area (Å²) in [5, 5.41) is 3.18. The fourth-order valence-corrected chi connectivity index (χ4v) is 3.54. The van der Waals surface area contributed by atoms with Crippen LogP contribution in [0.4, 0.5) is 11.5 Å². The Balaban J connectivity index is 1.76.